The maximum absolute atomic E-state index is 4.66. The third kappa shape index (κ3) is 4.78. The van der Waals surface area contributed by atoms with Crippen LogP contribution in [0.25, 0.3) is 0 Å². The summed E-state index contributed by atoms with van der Waals surface area (Å²) in [4.78, 5) is 7.15. The third-order valence-electron chi connectivity index (χ3n) is 3.89. The average Bonchev–Trinajstić information content (AvgIpc) is 2.39. The van der Waals surface area contributed by atoms with Crippen LogP contribution in [0.15, 0.2) is 18.3 Å². The van der Waals surface area contributed by atoms with Gasteiger partial charge in [0.25, 0.3) is 0 Å². The van der Waals surface area contributed by atoms with Gasteiger partial charge in [0.05, 0.1) is 0 Å². The Morgan fingerprint density at radius 2 is 1.85 bits per heavy atom. The molecule has 0 aliphatic carbocycles. The molecule has 0 spiro atoms. The van der Waals surface area contributed by atoms with Crippen LogP contribution in [0.4, 0.5) is 5.82 Å². The molecule has 112 valence electrons. The molecule has 1 aromatic rings. The summed E-state index contributed by atoms with van der Waals surface area (Å²) in [5, 5.41) is 3.54. The van der Waals surface area contributed by atoms with Crippen LogP contribution in [0.2, 0.25) is 0 Å². The fourth-order valence-corrected chi connectivity index (χ4v) is 2.81. The van der Waals surface area contributed by atoms with Crippen molar-refractivity contribution in [2.24, 2.45) is 5.92 Å². The van der Waals surface area contributed by atoms with Crippen molar-refractivity contribution < 1.29 is 0 Å². The summed E-state index contributed by atoms with van der Waals surface area (Å²) >= 11 is 0. The van der Waals surface area contributed by atoms with Crippen LogP contribution in [0.1, 0.15) is 51.5 Å². The van der Waals surface area contributed by atoms with E-state index < -0.39 is 0 Å². The van der Waals surface area contributed by atoms with Crippen molar-refractivity contribution in [1.82, 2.24) is 10.3 Å². The normalized spacial score (nSPS) is 17.1. The average molecular weight is 275 g/mol. The van der Waals surface area contributed by atoms with E-state index in [0.29, 0.717) is 5.92 Å². The highest BCUT2D eigenvalue weighted by molar-refractivity contribution is 5.46. The van der Waals surface area contributed by atoms with E-state index in [4.69, 9.17) is 0 Å². The number of hydrogen-bond acceptors (Lipinski definition) is 3. The van der Waals surface area contributed by atoms with Crippen molar-refractivity contribution in [3.8, 4) is 0 Å². The van der Waals surface area contributed by atoms with Crippen LogP contribution in [0.3, 0.4) is 0 Å². The lowest BCUT2D eigenvalue weighted by atomic mass is 10.1. The summed E-state index contributed by atoms with van der Waals surface area (Å²) in [6.45, 7) is 8.81. The van der Waals surface area contributed by atoms with Gasteiger partial charge in [-0.3, -0.25) is 0 Å². The maximum Gasteiger partial charge on any atom is 0.133 e. The number of anilines is 1. The molecule has 3 heteroatoms. The molecule has 0 saturated carbocycles. The SMILES string of the molecule is CC(C)CNCc1cccnc1N1CCCCCCC1. The molecule has 1 aliphatic heterocycles. The first-order valence-corrected chi connectivity index (χ1v) is 8.17. The Hall–Kier alpha value is -1.09. The fourth-order valence-electron chi connectivity index (χ4n) is 2.81. The summed E-state index contributed by atoms with van der Waals surface area (Å²) in [5.74, 6) is 1.89. The molecule has 1 aromatic heterocycles. The standard InChI is InChI=1S/C17H29N3/c1-15(2)13-18-14-16-9-8-10-19-17(16)20-11-6-4-3-5-7-12-20/h8-10,15,18H,3-7,11-14H2,1-2H3. The van der Waals surface area contributed by atoms with Gasteiger partial charge in [0, 0.05) is 31.4 Å². The maximum atomic E-state index is 4.66. The van der Waals surface area contributed by atoms with Crippen LogP contribution >= 0.6 is 0 Å². The highest BCUT2D eigenvalue weighted by Crippen LogP contribution is 2.21. The quantitative estimate of drug-likeness (QED) is 0.890. The van der Waals surface area contributed by atoms with Gasteiger partial charge in [-0.15, -0.1) is 0 Å². The lowest BCUT2D eigenvalue weighted by Crippen LogP contribution is -2.30. The Morgan fingerprint density at radius 3 is 2.55 bits per heavy atom. The summed E-state index contributed by atoms with van der Waals surface area (Å²) in [7, 11) is 0. The first kappa shape index (κ1) is 15.3. The molecule has 0 unspecified atom stereocenters. The second kappa shape index (κ2) is 8.25. The second-order valence-electron chi connectivity index (χ2n) is 6.27. The van der Waals surface area contributed by atoms with Crippen LogP contribution < -0.4 is 10.2 Å². The summed E-state index contributed by atoms with van der Waals surface area (Å²) in [6.07, 6.45) is 8.66. The van der Waals surface area contributed by atoms with Crippen LogP contribution in [-0.2, 0) is 6.54 Å². The van der Waals surface area contributed by atoms with Crippen molar-refractivity contribution in [2.45, 2.75) is 52.5 Å². The lowest BCUT2D eigenvalue weighted by molar-refractivity contribution is 0.541. The van der Waals surface area contributed by atoms with E-state index in [0.717, 1.165) is 26.2 Å². The minimum atomic E-state index is 0.692. The van der Waals surface area contributed by atoms with E-state index in [1.54, 1.807) is 0 Å². The number of nitrogens with one attached hydrogen (secondary N) is 1. The zero-order chi connectivity index (χ0) is 14.2. The molecule has 2 heterocycles. The molecule has 0 amide bonds. The van der Waals surface area contributed by atoms with Gasteiger partial charge in [-0.1, -0.05) is 39.2 Å². The molecule has 1 N–H and O–H groups in total. The highest BCUT2D eigenvalue weighted by atomic mass is 15.2. The Bertz CT molecular complexity index is 382. The topological polar surface area (TPSA) is 28.2 Å². The smallest absolute Gasteiger partial charge is 0.133 e. The number of hydrogen-bond donors (Lipinski definition) is 1. The highest BCUT2D eigenvalue weighted by Gasteiger charge is 2.13. The monoisotopic (exact) mass is 275 g/mol. The predicted molar refractivity (Wildman–Crippen MR) is 86.1 cm³/mol. The molecule has 20 heavy (non-hydrogen) atoms. The van der Waals surface area contributed by atoms with Crippen molar-refractivity contribution in [1.29, 1.82) is 0 Å². The van der Waals surface area contributed by atoms with Gasteiger partial charge < -0.3 is 10.2 Å². The van der Waals surface area contributed by atoms with Crippen LogP contribution in [-0.4, -0.2) is 24.6 Å². The van der Waals surface area contributed by atoms with Crippen molar-refractivity contribution in [3.05, 3.63) is 23.9 Å². The largest absolute Gasteiger partial charge is 0.356 e. The number of nitrogens with zero attached hydrogens (tertiary/aromatic N) is 2. The fraction of sp³-hybridized carbons (Fsp3) is 0.706. The Morgan fingerprint density at radius 1 is 1.15 bits per heavy atom. The Kier molecular flexibility index (Phi) is 6.31. The molecule has 0 radical (unpaired) electrons. The molecule has 1 fully saturated rings. The molecule has 0 atom stereocenters. The van der Waals surface area contributed by atoms with E-state index in [-0.39, 0.29) is 0 Å². The van der Waals surface area contributed by atoms with Gasteiger partial charge in [-0.2, -0.15) is 0 Å². The summed E-state index contributed by atoms with van der Waals surface area (Å²) < 4.78 is 0. The van der Waals surface area contributed by atoms with E-state index in [2.05, 4.69) is 41.2 Å². The van der Waals surface area contributed by atoms with E-state index >= 15 is 0 Å². The molecule has 0 bridgehead atoms. The van der Waals surface area contributed by atoms with Gasteiger partial charge in [0.15, 0.2) is 0 Å². The zero-order valence-electron chi connectivity index (χ0n) is 13.1. The van der Waals surface area contributed by atoms with Crippen LogP contribution in [0.5, 0.6) is 0 Å². The van der Waals surface area contributed by atoms with Crippen molar-refractivity contribution in [2.75, 3.05) is 24.5 Å². The molecular weight excluding hydrogens is 246 g/mol. The van der Waals surface area contributed by atoms with E-state index in [1.165, 1.54) is 43.5 Å². The third-order valence-corrected chi connectivity index (χ3v) is 3.89. The molecule has 3 nitrogen and oxygen atoms in total. The predicted octanol–water partition coefficient (Wildman–Crippen LogP) is 3.60. The van der Waals surface area contributed by atoms with Gasteiger partial charge in [0.2, 0.25) is 0 Å². The summed E-state index contributed by atoms with van der Waals surface area (Å²) in [5.41, 5.74) is 1.34. The van der Waals surface area contributed by atoms with Gasteiger partial charge >= 0.3 is 0 Å². The number of pyridine rings is 1. The molecule has 1 aliphatic rings. The Labute approximate surface area is 123 Å². The Balaban J connectivity index is 2.01. The zero-order valence-corrected chi connectivity index (χ0v) is 13.1. The van der Waals surface area contributed by atoms with Gasteiger partial charge in [0.1, 0.15) is 5.82 Å². The minimum Gasteiger partial charge on any atom is -0.356 e. The van der Waals surface area contributed by atoms with Gasteiger partial charge in [-0.05, 0) is 31.4 Å². The number of aromatic nitrogens is 1. The minimum absolute atomic E-state index is 0.692. The molecule has 0 aromatic carbocycles. The number of rotatable bonds is 5. The first-order valence-electron chi connectivity index (χ1n) is 8.17. The molecule has 2 rings (SSSR count). The lowest BCUT2D eigenvalue weighted by Gasteiger charge is -2.27. The van der Waals surface area contributed by atoms with Crippen molar-refractivity contribution in [3.63, 3.8) is 0 Å². The summed E-state index contributed by atoms with van der Waals surface area (Å²) in [6, 6.07) is 4.27. The van der Waals surface area contributed by atoms with Gasteiger partial charge in [-0.25, -0.2) is 4.98 Å². The van der Waals surface area contributed by atoms with Crippen LogP contribution in [0, 0.1) is 5.92 Å². The van der Waals surface area contributed by atoms with E-state index in [1.807, 2.05) is 6.20 Å². The van der Waals surface area contributed by atoms with Crippen molar-refractivity contribution >= 4 is 5.82 Å². The first-order chi connectivity index (χ1) is 9.77. The van der Waals surface area contributed by atoms with E-state index in [9.17, 15) is 0 Å². The molecular formula is C17H29N3. The molecule has 1 saturated heterocycles. The second-order valence-corrected chi connectivity index (χ2v) is 6.27.